The topological polar surface area (TPSA) is 184 Å². The molecule has 61 heavy (non-hydrogen) atoms. The number of carbonyl (C=O) groups is 4. The molecule has 3 fully saturated rings. The normalized spacial score (nSPS) is 35.4. The van der Waals surface area contributed by atoms with Crippen molar-refractivity contribution in [1.29, 1.82) is 0 Å². The predicted molar refractivity (Wildman–Crippen MR) is 228 cm³/mol. The summed E-state index contributed by atoms with van der Waals surface area (Å²) in [5, 5.41) is 14.5. The highest BCUT2D eigenvalue weighted by Gasteiger charge is 2.61. The smallest absolute Gasteiger partial charge is 0.411 e. The Labute approximate surface area is 360 Å². The maximum Gasteiger partial charge on any atom is 0.411 e. The summed E-state index contributed by atoms with van der Waals surface area (Å²) in [5.41, 5.74) is -1.22. The van der Waals surface area contributed by atoms with Crippen molar-refractivity contribution in [3.05, 3.63) is 43.5 Å². The van der Waals surface area contributed by atoms with E-state index in [0.29, 0.717) is 25.8 Å². The van der Waals surface area contributed by atoms with Crippen LogP contribution in [0, 0.1) is 23.7 Å². The molecule has 0 saturated carbocycles. The molecule has 5 heterocycles. The number of pyridine rings is 1. The van der Waals surface area contributed by atoms with E-state index in [-0.39, 0.29) is 37.3 Å². The van der Waals surface area contributed by atoms with Crippen LogP contribution in [0.4, 0.5) is 10.6 Å². The number of aliphatic hydroxyl groups excluding tert-OH is 1. The first-order valence-electron chi connectivity index (χ1n) is 21.6. The Hall–Kier alpha value is -4.22. The molecule has 16 nitrogen and oxygen atoms in total. The minimum Gasteiger partial charge on any atom is -0.457 e. The Balaban J connectivity index is 1.44. The quantitative estimate of drug-likeness (QED) is 0.117. The highest BCUT2D eigenvalue weighted by atomic mass is 16.7. The van der Waals surface area contributed by atoms with Gasteiger partial charge < -0.3 is 43.6 Å². The van der Waals surface area contributed by atoms with Crippen LogP contribution in [0.2, 0.25) is 0 Å². The fourth-order valence-corrected chi connectivity index (χ4v) is 9.58. The average Bonchev–Trinajstić information content (AvgIpc) is 3.84. The minimum absolute atomic E-state index is 0.103. The van der Waals surface area contributed by atoms with Crippen LogP contribution in [-0.2, 0) is 44.6 Å². The number of aromatic nitrogens is 3. The van der Waals surface area contributed by atoms with Gasteiger partial charge in [-0.25, -0.2) is 14.8 Å². The Morgan fingerprint density at radius 1 is 1.05 bits per heavy atom. The van der Waals surface area contributed by atoms with Gasteiger partial charge in [0.15, 0.2) is 17.7 Å². The van der Waals surface area contributed by atoms with Gasteiger partial charge in [0.2, 0.25) is 0 Å². The second kappa shape index (κ2) is 19.9. The Kier molecular flexibility index (Phi) is 15.6. The van der Waals surface area contributed by atoms with Crippen molar-refractivity contribution in [2.75, 3.05) is 40.1 Å². The number of aryl methyl sites for hydroxylation is 1. The number of ether oxygens (including phenoxy) is 5. The van der Waals surface area contributed by atoms with Gasteiger partial charge in [0, 0.05) is 69.0 Å². The third kappa shape index (κ3) is 9.88. The number of unbranched alkanes of at least 4 members (excludes halogenated alkanes) is 1. The van der Waals surface area contributed by atoms with E-state index in [0.717, 1.165) is 17.1 Å². The van der Waals surface area contributed by atoms with E-state index in [1.54, 1.807) is 52.0 Å². The van der Waals surface area contributed by atoms with Crippen LogP contribution in [0.5, 0.6) is 0 Å². The van der Waals surface area contributed by atoms with Crippen molar-refractivity contribution >= 4 is 29.4 Å². The third-order valence-corrected chi connectivity index (χ3v) is 13.2. The van der Waals surface area contributed by atoms with Crippen molar-refractivity contribution in [2.24, 2.45) is 23.7 Å². The number of Topliss-reactive ketones (excluding diaryl/α,β-unsaturated/α-hetero) is 2. The summed E-state index contributed by atoms with van der Waals surface area (Å²) in [7, 11) is 7.03. The van der Waals surface area contributed by atoms with E-state index in [9.17, 15) is 24.3 Å². The lowest BCUT2D eigenvalue weighted by atomic mass is 9.72. The van der Waals surface area contributed by atoms with E-state index in [4.69, 9.17) is 23.7 Å². The van der Waals surface area contributed by atoms with E-state index in [1.807, 2.05) is 55.9 Å². The zero-order valence-electron chi connectivity index (χ0n) is 37.8. The number of hydrogen-bond donors (Lipinski definition) is 2. The van der Waals surface area contributed by atoms with Crippen LogP contribution in [0.3, 0.4) is 0 Å². The summed E-state index contributed by atoms with van der Waals surface area (Å²) in [5.74, 6) is -4.46. The van der Waals surface area contributed by atoms with Gasteiger partial charge in [-0.2, -0.15) is 0 Å². The number of ketones is 2. The first-order chi connectivity index (χ1) is 28.9. The molecular formula is C45H68N6O10. The minimum atomic E-state index is -1.60. The molecule has 16 heteroatoms. The van der Waals surface area contributed by atoms with Gasteiger partial charge >= 0.3 is 12.1 Å². The number of amides is 1. The maximum atomic E-state index is 14.8. The first kappa shape index (κ1) is 47.8. The number of nitrogens with one attached hydrogen (secondary N) is 1. The molecule has 3 saturated heterocycles. The number of rotatable bonds is 13. The highest BCUT2D eigenvalue weighted by molar-refractivity contribution is 6.00. The first-order valence-corrected chi connectivity index (χ1v) is 21.6. The molecule has 0 bridgehead atoms. The van der Waals surface area contributed by atoms with Crippen molar-refractivity contribution in [2.45, 2.75) is 141 Å². The van der Waals surface area contributed by atoms with Crippen molar-refractivity contribution in [3.63, 3.8) is 0 Å². The molecule has 5 rings (SSSR count). The lowest BCUT2D eigenvalue weighted by molar-refractivity contribution is -0.295. The van der Waals surface area contributed by atoms with Crippen LogP contribution < -0.4 is 5.32 Å². The summed E-state index contributed by atoms with van der Waals surface area (Å²) in [6, 6.07) is 2.65. The fraction of sp³-hybridized carbons (Fsp3) is 0.689. The molecule has 3 aliphatic heterocycles. The molecule has 0 spiro atoms. The Morgan fingerprint density at radius 2 is 1.75 bits per heavy atom. The molecule has 0 aliphatic carbocycles. The summed E-state index contributed by atoms with van der Waals surface area (Å²) in [4.78, 5) is 69.7. The van der Waals surface area contributed by atoms with E-state index in [2.05, 4.69) is 21.9 Å². The Bertz CT molecular complexity index is 1860. The average molecular weight is 853 g/mol. The largest absolute Gasteiger partial charge is 0.457 e. The van der Waals surface area contributed by atoms with E-state index >= 15 is 0 Å². The third-order valence-electron chi connectivity index (χ3n) is 13.2. The van der Waals surface area contributed by atoms with Crippen LogP contribution in [0.1, 0.15) is 80.6 Å². The van der Waals surface area contributed by atoms with Gasteiger partial charge in [0.25, 0.3) is 0 Å². The van der Waals surface area contributed by atoms with Crippen molar-refractivity contribution in [3.8, 4) is 11.3 Å². The van der Waals surface area contributed by atoms with Crippen LogP contribution >= 0.6 is 0 Å². The number of nitrogens with zero attached hydrogens (tertiary/aromatic N) is 5. The number of imidazole rings is 1. The summed E-state index contributed by atoms with van der Waals surface area (Å²) >= 11 is 0. The molecule has 0 aromatic carbocycles. The Morgan fingerprint density at radius 3 is 2.36 bits per heavy atom. The zero-order chi connectivity index (χ0) is 45.0. The monoisotopic (exact) mass is 852 g/mol. The molecule has 3 aliphatic rings. The van der Waals surface area contributed by atoms with Crippen molar-refractivity contribution < 1.29 is 48.0 Å². The van der Waals surface area contributed by atoms with E-state index in [1.165, 1.54) is 20.1 Å². The summed E-state index contributed by atoms with van der Waals surface area (Å²) < 4.78 is 33.3. The van der Waals surface area contributed by atoms with E-state index < -0.39 is 83.4 Å². The number of methoxy groups -OCH3 is 1. The number of anilines is 1. The summed E-state index contributed by atoms with van der Waals surface area (Å²) in [6.07, 6.45) is 3.80. The lowest BCUT2D eigenvalue weighted by Gasteiger charge is -2.47. The second-order valence-corrected chi connectivity index (χ2v) is 17.6. The van der Waals surface area contributed by atoms with Gasteiger partial charge in [-0.3, -0.25) is 19.3 Å². The molecular weight excluding hydrogens is 785 g/mol. The number of cyclic esters (lactones) is 1. The number of carbonyl (C=O) groups excluding carboxylic acids is 4. The van der Waals surface area contributed by atoms with Crippen molar-refractivity contribution in [1.82, 2.24) is 24.3 Å². The summed E-state index contributed by atoms with van der Waals surface area (Å²) in [6.45, 7) is 17.1. The standard InChI is InChI=1S/C45H68N6O10/c1-13-34-45(14-2)39(51(43(56)61-45)20-16-15-19-50-24-32(48-25-50)31-17-18-35(46-9)47-23-31)28(5)36(52)26(3)22-44(8,57-12)40(29(6)37(53)30(7)41(55)59-34)60-42-38(54)33(49(10)11)21-27(4)58-42/h14,17-18,23-30,33-34,38-40,42,54H,2,13,15-16,19-22H2,1,3-12H3,(H,46,47)/t26-,27-,28-,29+,30-,33+,34+,38-,39+,40-,42?,44+,45-/m1/s1. The number of aliphatic hydroxyl groups is 1. The van der Waals surface area contributed by atoms with Crippen LogP contribution in [-0.4, -0.2) is 142 Å². The molecule has 338 valence electrons. The van der Waals surface area contributed by atoms with Gasteiger partial charge in [-0.15, -0.1) is 0 Å². The maximum absolute atomic E-state index is 14.8. The zero-order valence-corrected chi connectivity index (χ0v) is 37.8. The molecule has 2 aromatic rings. The number of fused-ring (bicyclic) bond motifs is 1. The van der Waals surface area contributed by atoms with Gasteiger partial charge in [-0.05, 0) is 85.2 Å². The molecule has 13 atom stereocenters. The van der Waals surface area contributed by atoms with Crippen LogP contribution in [0.25, 0.3) is 11.3 Å². The number of likely N-dealkylation sites (N-methyl/N-ethyl adjacent to an activating group) is 1. The van der Waals surface area contributed by atoms with Gasteiger partial charge in [0.05, 0.1) is 35.9 Å². The highest BCUT2D eigenvalue weighted by Crippen LogP contribution is 2.44. The van der Waals surface area contributed by atoms with Gasteiger partial charge in [-0.1, -0.05) is 34.3 Å². The van der Waals surface area contributed by atoms with Crippen LogP contribution in [0.15, 0.2) is 43.5 Å². The molecule has 2 aromatic heterocycles. The number of esters is 1. The lowest BCUT2D eigenvalue weighted by Crippen LogP contribution is -2.60. The molecule has 0 radical (unpaired) electrons. The van der Waals surface area contributed by atoms with Gasteiger partial charge in [0.1, 0.15) is 29.7 Å². The molecule has 2 N–H and O–H groups in total. The fourth-order valence-electron chi connectivity index (χ4n) is 9.58. The second-order valence-electron chi connectivity index (χ2n) is 17.6. The predicted octanol–water partition coefficient (Wildman–Crippen LogP) is 5.14. The SMILES string of the molecule is C=C[C@]12OC(=O)N(CCCCn3cnc(-c4ccc(NC)nc4)c3)[C@H]1[C@H](C)C(=O)[C@H](C)C[C@](C)(OC)[C@H](OC1O[C@H](C)C[C@H](N(C)C)[C@H]1O)[C@@H](C)C(=O)[C@@H](C)C(=O)O[C@H]2CC. The number of hydrogen-bond acceptors (Lipinski definition) is 14. The molecule has 1 amide bonds. The molecule has 1 unspecified atom stereocenters.